The van der Waals surface area contributed by atoms with Crippen molar-refractivity contribution in [3.8, 4) is 5.75 Å². The van der Waals surface area contributed by atoms with Gasteiger partial charge in [0.05, 0.1) is 13.2 Å². The molecule has 2 heterocycles. The van der Waals surface area contributed by atoms with Crippen LogP contribution in [0, 0.1) is 0 Å². The molecule has 7 N–H and O–H groups in total. The zero-order chi connectivity index (χ0) is 21.8. The van der Waals surface area contributed by atoms with Crippen molar-refractivity contribution in [2.75, 3.05) is 19.8 Å². The summed E-state index contributed by atoms with van der Waals surface area (Å²) in [4.78, 5) is 0. The van der Waals surface area contributed by atoms with Gasteiger partial charge in [0.25, 0.3) is 0 Å². The van der Waals surface area contributed by atoms with Gasteiger partial charge in [0.2, 0.25) is 6.29 Å². The van der Waals surface area contributed by atoms with Crippen molar-refractivity contribution in [2.45, 2.75) is 61.7 Å². The van der Waals surface area contributed by atoms with Crippen LogP contribution in [0.2, 0.25) is 0 Å². The van der Waals surface area contributed by atoms with Gasteiger partial charge in [-0.15, -0.1) is 0 Å². The van der Waals surface area contributed by atoms with Gasteiger partial charge in [0, 0.05) is 6.61 Å². The summed E-state index contributed by atoms with van der Waals surface area (Å²) in [6, 6.07) is 6.69. The van der Waals surface area contributed by atoms with Crippen LogP contribution in [0.4, 0.5) is 0 Å². The van der Waals surface area contributed by atoms with Crippen LogP contribution in [0.5, 0.6) is 5.75 Å². The third kappa shape index (κ3) is 5.26. The second-order valence-electron chi connectivity index (χ2n) is 7.33. The molecule has 2 aliphatic rings. The molecule has 0 bridgehead atoms. The van der Waals surface area contributed by atoms with Crippen molar-refractivity contribution < 1.29 is 54.7 Å². The molecule has 30 heavy (non-hydrogen) atoms. The molecule has 1 aromatic rings. The lowest BCUT2D eigenvalue weighted by molar-refractivity contribution is -0.307. The maximum Gasteiger partial charge on any atom is 0.229 e. The van der Waals surface area contributed by atoms with E-state index < -0.39 is 55.3 Å². The normalized spacial score (nSPS) is 39.6. The SMILES string of the molecule is OCCc1ccc(OC2OC(COC3OCC(O)C(O)C3O)C(O)C(O)C2O)cc1. The Kier molecular flexibility index (Phi) is 7.98. The minimum Gasteiger partial charge on any atom is -0.462 e. The molecule has 9 unspecified atom stereocenters. The monoisotopic (exact) mass is 432 g/mol. The van der Waals surface area contributed by atoms with Crippen LogP contribution in [0.25, 0.3) is 0 Å². The number of hydrogen-bond acceptors (Lipinski definition) is 11. The highest BCUT2D eigenvalue weighted by molar-refractivity contribution is 5.27. The standard InChI is InChI=1S/C19H28O11/c20-6-5-9-1-3-10(4-2-9)29-19-17(26)15(24)14(23)12(30-19)8-28-18-16(25)13(22)11(21)7-27-18/h1-4,11-26H,5-8H2. The first-order chi connectivity index (χ1) is 14.3. The van der Waals surface area contributed by atoms with E-state index in [-0.39, 0.29) is 19.8 Å². The van der Waals surface area contributed by atoms with E-state index >= 15 is 0 Å². The number of aliphatic hydroxyl groups is 7. The van der Waals surface area contributed by atoms with Gasteiger partial charge >= 0.3 is 0 Å². The van der Waals surface area contributed by atoms with Crippen LogP contribution in [-0.4, -0.2) is 111 Å². The zero-order valence-electron chi connectivity index (χ0n) is 16.1. The van der Waals surface area contributed by atoms with Crippen LogP contribution in [0.3, 0.4) is 0 Å². The Labute approximate surface area is 172 Å². The molecular weight excluding hydrogens is 404 g/mol. The molecule has 0 saturated carbocycles. The molecule has 1 aromatic carbocycles. The number of hydrogen-bond donors (Lipinski definition) is 7. The van der Waals surface area contributed by atoms with Crippen molar-refractivity contribution in [3.05, 3.63) is 29.8 Å². The minimum atomic E-state index is -1.59. The van der Waals surface area contributed by atoms with Gasteiger partial charge in [0.1, 0.15) is 48.5 Å². The van der Waals surface area contributed by atoms with Gasteiger partial charge < -0.3 is 54.7 Å². The molecule has 170 valence electrons. The zero-order valence-corrected chi connectivity index (χ0v) is 16.1. The van der Waals surface area contributed by atoms with Crippen LogP contribution >= 0.6 is 0 Å². The largest absolute Gasteiger partial charge is 0.462 e. The summed E-state index contributed by atoms with van der Waals surface area (Å²) in [7, 11) is 0. The Morgan fingerprint density at radius 2 is 1.50 bits per heavy atom. The van der Waals surface area contributed by atoms with Crippen LogP contribution in [0.1, 0.15) is 5.56 Å². The van der Waals surface area contributed by atoms with Crippen LogP contribution in [-0.2, 0) is 20.6 Å². The van der Waals surface area contributed by atoms with Gasteiger partial charge in [-0.05, 0) is 24.1 Å². The molecular formula is C19H28O11. The van der Waals surface area contributed by atoms with E-state index in [1.807, 2.05) is 0 Å². The predicted octanol–water partition coefficient (Wildman–Crippen LogP) is -3.14. The van der Waals surface area contributed by atoms with Crippen molar-refractivity contribution in [3.63, 3.8) is 0 Å². The summed E-state index contributed by atoms with van der Waals surface area (Å²) in [5, 5.41) is 68.6. The molecule has 11 nitrogen and oxygen atoms in total. The summed E-state index contributed by atoms with van der Waals surface area (Å²) in [6.45, 7) is -0.604. The number of ether oxygens (including phenoxy) is 4. The second-order valence-corrected chi connectivity index (χ2v) is 7.33. The Hall–Kier alpha value is -1.38. The quantitative estimate of drug-likeness (QED) is 0.232. The summed E-state index contributed by atoms with van der Waals surface area (Å²) < 4.78 is 21.6. The first-order valence-corrected chi connectivity index (χ1v) is 9.65. The highest BCUT2D eigenvalue weighted by Crippen LogP contribution is 2.26. The summed E-state index contributed by atoms with van der Waals surface area (Å²) in [6.07, 6.45) is -12.1. The fraction of sp³-hybridized carbons (Fsp3) is 0.684. The molecule has 2 saturated heterocycles. The first-order valence-electron chi connectivity index (χ1n) is 9.65. The van der Waals surface area contributed by atoms with Crippen LogP contribution < -0.4 is 4.74 Å². The molecule has 0 radical (unpaired) electrons. The van der Waals surface area contributed by atoms with E-state index in [2.05, 4.69) is 0 Å². The van der Waals surface area contributed by atoms with E-state index in [1.165, 1.54) is 0 Å². The highest BCUT2D eigenvalue weighted by Gasteiger charge is 2.46. The molecule has 11 heteroatoms. The lowest BCUT2D eigenvalue weighted by Gasteiger charge is -2.41. The predicted molar refractivity (Wildman–Crippen MR) is 98.3 cm³/mol. The Morgan fingerprint density at radius 1 is 0.833 bits per heavy atom. The lowest BCUT2D eigenvalue weighted by atomic mass is 9.99. The number of rotatable bonds is 7. The van der Waals surface area contributed by atoms with E-state index in [4.69, 9.17) is 24.1 Å². The molecule has 0 amide bonds. The average Bonchev–Trinajstić information content (AvgIpc) is 2.74. The fourth-order valence-electron chi connectivity index (χ4n) is 3.27. The molecule has 3 rings (SSSR count). The smallest absolute Gasteiger partial charge is 0.229 e. The maximum absolute atomic E-state index is 10.2. The first kappa shape index (κ1) is 23.3. The van der Waals surface area contributed by atoms with Gasteiger partial charge in [-0.3, -0.25) is 0 Å². The van der Waals surface area contributed by atoms with Crippen LogP contribution in [0.15, 0.2) is 24.3 Å². The summed E-state index contributed by atoms with van der Waals surface area (Å²) >= 11 is 0. The molecule has 0 spiro atoms. The van der Waals surface area contributed by atoms with Crippen molar-refractivity contribution >= 4 is 0 Å². The highest BCUT2D eigenvalue weighted by atomic mass is 16.7. The van der Waals surface area contributed by atoms with E-state index in [9.17, 15) is 30.6 Å². The van der Waals surface area contributed by atoms with Crippen molar-refractivity contribution in [2.24, 2.45) is 0 Å². The Balaban J connectivity index is 1.60. The molecule has 2 aliphatic heterocycles. The van der Waals surface area contributed by atoms with Gasteiger partial charge in [-0.1, -0.05) is 12.1 Å². The van der Waals surface area contributed by atoms with E-state index in [1.54, 1.807) is 24.3 Å². The van der Waals surface area contributed by atoms with Crippen molar-refractivity contribution in [1.29, 1.82) is 0 Å². The second kappa shape index (κ2) is 10.3. The molecule has 0 aromatic heterocycles. The molecule has 2 fully saturated rings. The fourth-order valence-corrected chi connectivity index (χ4v) is 3.27. The summed E-state index contributed by atoms with van der Waals surface area (Å²) in [5.74, 6) is 0.340. The topological polar surface area (TPSA) is 179 Å². The maximum atomic E-state index is 10.2. The van der Waals surface area contributed by atoms with E-state index in [0.717, 1.165) is 5.56 Å². The van der Waals surface area contributed by atoms with Gasteiger partial charge in [0.15, 0.2) is 6.29 Å². The number of aliphatic hydroxyl groups excluding tert-OH is 7. The lowest BCUT2D eigenvalue weighted by Crippen LogP contribution is -2.61. The van der Waals surface area contributed by atoms with Gasteiger partial charge in [-0.2, -0.15) is 0 Å². The Bertz CT molecular complexity index is 656. The third-order valence-electron chi connectivity index (χ3n) is 5.12. The van der Waals surface area contributed by atoms with Gasteiger partial charge in [-0.25, -0.2) is 0 Å². The van der Waals surface area contributed by atoms with Crippen molar-refractivity contribution in [1.82, 2.24) is 0 Å². The summed E-state index contributed by atoms with van der Waals surface area (Å²) in [5.41, 5.74) is 0.884. The average molecular weight is 432 g/mol. The minimum absolute atomic E-state index is 0.00576. The molecule has 0 aliphatic carbocycles. The Morgan fingerprint density at radius 3 is 2.17 bits per heavy atom. The number of benzene rings is 1. The molecule has 9 atom stereocenters. The van der Waals surface area contributed by atoms with E-state index in [0.29, 0.717) is 12.2 Å². The third-order valence-corrected chi connectivity index (χ3v) is 5.12.